The molecule has 0 spiro atoms. The van der Waals surface area contributed by atoms with Crippen molar-refractivity contribution in [3.8, 4) is 0 Å². The number of hydrogen-bond acceptors (Lipinski definition) is 2. The van der Waals surface area contributed by atoms with Crippen LogP contribution in [-0.4, -0.2) is 22.5 Å². The zero-order valence-electron chi connectivity index (χ0n) is 8.67. The van der Waals surface area contributed by atoms with Crippen molar-refractivity contribution in [1.29, 1.82) is 0 Å². The molecule has 0 heterocycles. The molecule has 1 amide bonds. The van der Waals surface area contributed by atoms with E-state index >= 15 is 0 Å². The van der Waals surface area contributed by atoms with Crippen molar-refractivity contribution >= 4 is 11.9 Å². The molecule has 1 fully saturated rings. The number of amides is 1. The van der Waals surface area contributed by atoms with E-state index in [-0.39, 0.29) is 11.8 Å². The molecule has 0 aromatic rings. The van der Waals surface area contributed by atoms with Crippen LogP contribution in [0.4, 0.5) is 0 Å². The first-order valence-electron chi connectivity index (χ1n) is 5.05. The molecule has 4 heteroatoms. The molecule has 1 saturated carbocycles. The number of carbonyl (C=O) groups is 2. The summed E-state index contributed by atoms with van der Waals surface area (Å²) < 4.78 is 0. The van der Waals surface area contributed by atoms with Crippen molar-refractivity contribution in [3.63, 3.8) is 0 Å². The summed E-state index contributed by atoms with van der Waals surface area (Å²) in [6.45, 7) is 3.31. The Kier molecular flexibility index (Phi) is 3.13. The predicted molar refractivity (Wildman–Crippen MR) is 51.8 cm³/mol. The van der Waals surface area contributed by atoms with Crippen LogP contribution in [0, 0.1) is 5.92 Å². The molecule has 1 unspecified atom stereocenters. The summed E-state index contributed by atoms with van der Waals surface area (Å²) >= 11 is 0. The third-order valence-corrected chi connectivity index (χ3v) is 3.05. The van der Waals surface area contributed by atoms with Crippen molar-refractivity contribution in [3.05, 3.63) is 0 Å². The van der Waals surface area contributed by atoms with Crippen molar-refractivity contribution in [2.75, 3.05) is 0 Å². The van der Waals surface area contributed by atoms with E-state index in [1.54, 1.807) is 13.8 Å². The summed E-state index contributed by atoms with van der Waals surface area (Å²) in [5.41, 5.74) is -1.10. The fraction of sp³-hybridized carbons (Fsp3) is 0.800. The molecule has 1 rings (SSSR count). The minimum absolute atomic E-state index is 0.0419. The first-order chi connectivity index (χ1) is 6.49. The maximum atomic E-state index is 11.5. The number of carboxylic acid groups (broad SMARTS) is 1. The van der Waals surface area contributed by atoms with Gasteiger partial charge in [-0.25, -0.2) is 4.79 Å². The molecule has 80 valence electrons. The molecule has 14 heavy (non-hydrogen) atoms. The Balaban J connectivity index is 2.55. The maximum Gasteiger partial charge on any atom is 0.329 e. The number of carbonyl (C=O) groups excluding carboxylic acids is 1. The highest BCUT2D eigenvalue weighted by Crippen LogP contribution is 2.27. The molecular weight excluding hydrogens is 182 g/mol. The van der Waals surface area contributed by atoms with Crippen LogP contribution in [0.5, 0.6) is 0 Å². The number of hydrogen-bond donors (Lipinski definition) is 2. The molecular formula is C10H17NO3. The van der Waals surface area contributed by atoms with Crippen molar-refractivity contribution in [2.24, 2.45) is 5.92 Å². The standard InChI is InChI=1S/C10H17NO3/c1-3-10(2,9(13)14)11-8(12)7-5-4-6-7/h7H,3-6H2,1-2H3,(H,11,12)(H,13,14). The van der Waals surface area contributed by atoms with E-state index in [1.807, 2.05) is 0 Å². The van der Waals surface area contributed by atoms with Crippen LogP contribution < -0.4 is 5.32 Å². The third-order valence-electron chi connectivity index (χ3n) is 3.05. The quantitative estimate of drug-likeness (QED) is 0.714. The molecule has 0 radical (unpaired) electrons. The van der Waals surface area contributed by atoms with Crippen LogP contribution in [0.2, 0.25) is 0 Å². The van der Waals surface area contributed by atoms with Crippen LogP contribution in [0.3, 0.4) is 0 Å². The number of nitrogens with one attached hydrogen (secondary N) is 1. The first-order valence-corrected chi connectivity index (χ1v) is 5.05. The van der Waals surface area contributed by atoms with Crippen LogP contribution in [0.1, 0.15) is 39.5 Å². The zero-order valence-corrected chi connectivity index (χ0v) is 8.67. The lowest BCUT2D eigenvalue weighted by Crippen LogP contribution is -2.54. The van der Waals surface area contributed by atoms with Gasteiger partial charge in [-0.1, -0.05) is 13.3 Å². The smallest absolute Gasteiger partial charge is 0.329 e. The van der Waals surface area contributed by atoms with Gasteiger partial charge in [0.2, 0.25) is 5.91 Å². The van der Waals surface area contributed by atoms with Gasteiger partial charge in [-0.05, 0) is 26.2 Å². The Hall–Kier alpha value is -1.06. The van der Waals surface area contributed by atoms with E-state index in [9.17, 15) is 9.59 Å². The number of carboxylic acids is 1. The summed E-state index contributed by atoms with van der Waals surface area (Å²) in [5, 5.41) is 11.5. The van der Waals surface area contributed by atoms with Crippen molar-refractivity contribution < 1.29 is 14.7 Å². The molecule has 0 saturated heterocycles. The predicted octanol–water partition coefficient (Wildman–Crippen LogP) is 1.16. The minimum Gasteiger partial charge on any atom is -0.480 e. The molecule has 0 aromatic carbocycles. The molecule has 0 bridgehead atoms. The molecule has 0 aliphatic heterocycles. The molecule has 0 aromatic heterocycles. The van der Waals surface area contributed by atoms with Crippen LogP contribution in [0.15, 0.2) is 0 Å². The summed E-state index contributed by atoms with van der Waals surface area (Å²) in [5.74, 6) is -1.03. The lowest BCUT2D eigenvalue weighted by atomic mass is 9.84. The van der Waals surface area contributed by atoms with E-state index in [0.29, 0.717) is 6.42 Å². The van der Waals surface area contributed by atoms with Crippen molar-refractivity contribution in [1.82, 2.24) is 5.32 Å². The van der Waals surface area contributed by atoms with E-state index in [2.05, 4.69) is 5.32 Å². The normalized spacial score (nSPS) is 20.7. The summed E-state index contributed by atoms with van der Waals surface area (Å²) in [6, 6.07) is 0. The Bertz CT molecular complexity index is 248. The van der Waals surface area contributed by atoms with E-state index in [0.717, 1.165) is 19.3 Å². The van der Waals surface area contributed by atoms with E-state index in [1.165, 1.54) is 0 Å². The largest absolute Gasteiger partial charge is 0.480 e. The lowest BCUT2D eigenvalue weighted by Gasteiger charge is -2.30. The SMILES string of the molecule is CCC(C)(NC(=O)C1CCC1)C(=O)O. The van der Waals surface area contributed by atoms with E-state index < -0.39 is 11.5 Å². The van der Waals surface area contributed by atoms with Gasteiger partial charge in [0.1, 0.15) is 5.54 Å². The Morgan fingerprint density at radius 3 is 2.36 bits per heavy atom. The van der Waals surface area contributed by atoms with Gasteiger partial charge in [-0.15, -0.1) is 0 Å². The van der Waals surface area contributed by atoms with Gasteiger partial charge in [0, 0.05) is 5.92 Å². The van der Waals surface area contributed by atoms with Gasteiger partial charge in [-0.2, -0.15) is 0 Å². The van der Waals surface area contributed by atoms with Gasteiger partial charge in [0.15, 0.2) is 0 Å². The highest BCUT2D eigenvalue weighted by Gasteiger charge is 2.36. The van der Waals surface area contributed by atoms with Crippen molar-refractivity contribution in [2.45, 2.75) is 45.1 Å². The second-order valence-electron chi connectivity index (χ2n) is 4.11. The number of aliphatic carboxylic acids is 1. The van der Waals surface area contributed by atoms with Gasteiger partial charge in [-0.3, -0.25) is 4.79 Å². The Morgan fingerprint density at radius 1 is 1.50 bits per heavy atom. The van der Waals surface area contributed by atoms with Gasteiger partial charge in [0.05, 0.1) is 0 Å². The fourth-order valence-corrected chi connectivity index (χ4v) is 1.34. The molecule has 1 aliphatic rings. The molecule has 1 atom stereocenters. The second-order valence-corrected chi connectivity index (χ2v) is 4.11. The highest BCUT2D eigenvalue weighted by atomic mass is 16.4. The van der Waals surface area contributed by atoms with Gasteiger partial charge in [0.25, 0.3) is 0 Å². The summed E-state index contributed by atoms with van der Waals surface area (Å²) in [6.07, 6.45) is 3.27. The minimum atomic E-state index is -1.10. The molecule has 1 aliphatic carbocycles. The van der Waals surface area contributed by atoms with Crippen LogP contribution >= 0.6 is 0 Å². The number of rotatable bonds is 4. The summed E-state index contributed by atoms with van der Waals surface area (Å²) in [4.78, 5) is 22.4. The fourth-order valence-electron chi connectivity index (χ4n) is 1.34. The monoisotopic (exact) mass is 199 g/mol. The highest BCUT2D eigenvalue weighted by molar-refractivity contribution is 5.88. The average molecular weight is 199 g/mol. The first kappa shape index (κ1) is 11.0. The van der Waals surface area contributed by atoms with Gasteiger partial charge < -0.3 is 10.4 Å². The van der Waals surface area contributed by atoms with E-state index in [4.69, 9.17) is 5.11 Å². The van der Waals surface area contributed by atoms with Crippen LogP contribution in [0.25, 0.3) is 0 Å². The lowest BCUT2D eigenvalue weighted by molar-refractivity contribution is -0.148. The van der Waals surface area contributed by atoms with Gasteiger partial charge >= 0.3 is 5.97 Å². The Morgan fingerprint density at radius 2 is 2.07 bits per heavy atom. The molecule has 2 N–H and O–H groups in total. The summed E-state index contributed by atoms with van der Waals surface area (Å²) in [7, 11) is 0. The molecule has 4 nitrogen and oxygen atoms in total. The average Bonchev–Trinajstić information content (AvgIpc) is 2.00. The maximum absolute atomic E-state index is 11.5. The topological polar surface area (TPSA) is 66.4 Å². The third kappa shape index (κ3) is 2.05. The zero-order chi connectivity index (χ0) is 10.8. The second kappa shape index (κ2) is 3.98. The Labute approximate surface area is 83.7 Å². The van der Waals surface area contributed by atoms with Crippen LogP contribution in [-0.2, 0) is 9.59 Å².